The number of carbonyl (C=O) groups excluding carboxylic acids is 1. The summed E-state index contributed by atoms with van der Waals surface area (Å²) in [6.45, 7) is 3.89. The van der Waals surface area contributed by atoms with E-state index in [1.807, 2.05) is 42.5 Å². The number of benzene rings is 3. The molecule has 0 spiro atoms. The molecule has 0 atom stereocenters. The van der Waals surface area contributed by atoms with Gasteiger partial charge in [0.1, 0.15) is 5.82 Å². The maximum atomic E-state index is 12.9. The summed E-state index contributed by atoms with van der Waals surface area (Å²) in [6.07, 6.45) is 1.77. The van der Waals surface area contributed by atoms with E-state index in [1.165, 1.54) is 17.7 Å². The highest BCUT2D eigenvalue weighted by atomic mass is 19.1. The van der Waals surface area contributed by atoms with E-state index in [0.29, 0.717) is 0 Å². The lowest BCUT2D eigenvalue weighted by Crippen LogP contribution is -2.21. The molecule has 0 heterocycles. The van der Waals surface area contributed by atoms with E-state index in [0.717, 1.165) is 29.9 Å². The molecule has 0 aliphatic rings. The number of nitrogens with zero attached hydrogens (tertiary/aromatic N) is 2. The summed E-state index contributed by atoms with van der Waals surface area (Å²) >= 11 is 0. The van der Waals surface area contributed by atoms with Crippen LogP contribution in [0.4, 0.5) is 10.1 Å². The normalized spacial score (nSPS) is 10.8. The van der Waals surface area contributed by atoms with E-state index >= 15 is 0 Å². The Morgan fingerprint density at radius 2 is 1.66 bits per heavy atom. The van der Waals surface area contributed by atoms with Gasteiger partial charge in [0.2, 0.25) is 5.91 Å². The molecule has 0 fully saturated rings. The van der Waals surface area contributed by atoms with Crippen molar-refractivity contribution < 1.29 is 9.18 Å². The maximum Gasteiger partial charge on any atom is 0.244 e. The third-order valence-corrected chi connectivity index (χ3v) is 4.54. The van der Waals surface area contributed by atoms with Crippen LogP contribution in [0.5, 0.6) is 0 Å². The van der Waals surface area contributed by atoms with Gasteiger partial charge in [-0.1, -0.05) is 54.6 Å². The minimum atomic E-state index is -0.318. The zero-order valence-electron chi connectivity index (χ0n) is 16.4. The van der Waals surface area contributed by atoms with Gasteiger partial charge in [-0.3, -0.25) is 4.79 Å². The Balaban J connectivity index is 1.53. The molecular weight excluding hydrogens is 365 g/mol. The fraction of sp³-hybridized carbons (Fsp3) is 0.167. The first kappa shape index (κ1) is 20.3. The van der Waals surface area contributed by atoms with Gasteiger partial charge in [0, 0.05) is 18.8 Å². The second kappa shape index (κ2) is 10.2. The third kappa shape index (κ3) is 6.28. The summed E-state index contributed by atoms with van der Waals surface area (Å²) in [5.74, 6) is -0.564. The first-order valence-electron chi connectivity index (χ1n) is 9.59. The summed E-state index contributed by atoms with van der Waals surface area (Å²) in [6, 6.07) is 24.3. The van der Waals surface area contributed by atoms with E-state index in [1.54, 1.807) is 18.3 Å². The molecule has 0 bridgehead atoms. The number of hydrazone groups is 1. The lowest BCUT2D eigenvalue weighted by molar-refractivity contribution is -0.120. The molecule has 0 aliphatic carbocycles. The third-order valence-electron chi connectivity index (χ3n) is 4.54. The van der Waals surface area contributed by atoms with E-state index in [2.05, 4.69) is 34.5 Å². The highest BCUT2D eigenvalue weighted by Gasteiger charge is 2.05. The molecule has 0 aromatic heterocycles. The second-order valence-electron chi connectivity index (χ2n) is 6.69. The highest BCUT2D eigenvalue weighted by molar-refractivity contribution is 5.83. The minimum absolute atomic E-state index is 0.154. The van der Waals surface area contributed by atoms with Crippen molar-refractivity contribution in [3.05, 3.63) is 101 Å². The average Bonchev–Trinajstić information content (AvgIpc) is 2.75. The molecule has 1 N–H and O–H groups in total. The molecule has 3 aromatic rings. The van der Waals surface area contributed by atoms with Crippen LogP contribution < -0.4 is 10.3 Å². The van der Waals surface area contributed by atoms with Gasteiger partial charge in [-0.25, -0.2) is 9.82 Å². The minimum Gasteiger partial charge on any atom is -0.367 e. The molecule has 3 aromatic carbocycles. The van der Waals surface area contributed by atoms with Crippen molar-refractivity contribution in [3.8, 4) is 0 Å². The predicted molar refractivity (Wildman–Crippen MR) is 115 cm³/mol. The molecule has 0 saturated heterocycles. The Kier molecular flexibility index (Phi) is 7.11. The van der Waals surface area contributed by atoms with Gasteiger partial charge < -0.3 is 4.90 Å². The highest BCUT2D eigenvalue weighted by Crippen LogP contribution is 2.17. The first-order chi connectivity index (χ1) is 14.1. The number of anilines is 1. The van der Waals surface area contributed by atoms with Crippen molar-refractivity contribution >= 4 is 17.8 Å². The summed E-state index contributed by atoms with van der Waals surface area (Å²) in [7, 11) is 0. The fourth-order valence-corrected chi connectivity index (χ4v) is 2.97. The number of hydrogen-bond donors (Lipinski definition) is 1. The molecule has 0 aliphatic heterocycles. The van der Waals surface area contributed by atoms with E-state index < -0.39 is 0 Å². The summed E-state index contributed by atoms with van der Waals surface area (Å²) in [5.41, 5.74) is 6.53. The van der Waals surface area contributed by atoms with Crippen molar-refractivity contribution in [2.75, 3.05) is 11.4 Å². The van der Waals surface area contributed by atoms with Crippen LogP contribution in [0.25, 0.3) is 0 Å². The van der Waals surface area contributed by atoms with Crippen LogP contribution in [0.2, 0.25) is 0 Å². The Labute approximate surface area is 170 Å². The Morgan fingerprint density at radius 3 is 2.31 bits per heavy atom. The van der Waals surface area contributed by atoms with Crippen LogP contribution in [-0.2, 0) is 17.8 Å². The van der Waals surface area contributed by atoms with Crippen LogP contribution in [0.15, 0.2) is 84.0 Å². The first-order valence-corrected chi connectivity index (χ1v) is 9.59. The second-order valence-corrected chi connectivity index (χ2v) is 6.69. The number of carbonyl (C=O) groups is 1. The number of amides is 1. The largest absolute Gasteiger partial charge is 0.367 e. The molecule has 29 heavy (non-hydrogen) atoms. The quantitative estimate of drug-likeness (QED) is 0.454. The molecule has 3 rings (SSSR count). The average molecular weight is 389 g/mol. The molecule has 0 unspecified atom stereocenters. The van der Waals surface area contributed by atoms with Gasteiger partial charge in [0.05, 0.1) is 12.6 Å². The fourth-order valence-electron chi connectivity index (χ4n) is 2.97. The van der Waals surface area contributed by atoms with Crippen molar-refractivity contribution in [1.29, 1.82) is 0 Å². The summed E-state index contributed by atoms with van der Waals surface area (Å²) in [5, 5.41) is 4.01. The smallest absolute Gasteiger partial charge is 0.244 e. The van der Waals surface area contributed by atoms with Gasteiger partial charge in [-0.05, 0) is 47.9 Å². The SMILES string of the molecule is CCN(Cc1ccccc1)c1ccc(/C=N\NC(=O)Cc2ccc(F)cc2)cc1. The van der Waals surface area contributed by atoms with Crippen LogP contribution in [0, 0.1) is 5.82 Å². The summed E-state index contributed by atoms with van der Waals surface area (Å²) in [4.78, 5) is 14.2. The molecular formula is C24H24FN3O. The Bertz CT molecular complexity index is 938. The maximum absolute atomic E-state index is 12.9. The molecule has 0 radical (unpaired) electrons. The van der Waals surface area contributed by atoms with Gasteiger partial charge in [0.25, 0.3) is 0 Å². The molecule has 5 heteroatoms. The zero-order valence-corrected chi connectivity index (χ0v) is 16.4. The van der Waals surface area contributed by atoms with Crippen LogP contribution >= 0.6 is 0 Å². The Hall–Kier alpha value is -3.47. The number of hydrogen-bond acceptors (Lipinski definition) is 3. The van der Waals surface area contributed by atoms with Crippen molar-refractivity contribution in [2.45, 2.75) is 19.9 Å². The van der Waals surface area contributed by atoms with E-state index in [-0.39, 0.29) is 18.1 Å². The monoisotopic (exact) mass is 389 g/mol. The van der Waals surface area contributed by atoms with E-state index in [9.17, 15) is 9.18 Å². The van der Waals surface area contributed by atoms with Crippen molar-refractivity contribution in [1.82, 2.24) is 5.43 Å². The van der Waals surface area contributed by atoms with E-state index in [4.69, 9.17) is 0 Å². The van der Waals surface area contributed by atoms with Gasteiger partial charge in [0.15, 0.2) is 0 Å². The van der Waals surface area contributed by atoms with Crippen LogP contribution in [-0.4, -0.2) is 18.7 Å². The number of halogens is 1. The van der Waals surface area contributed by atoms with Crippen LogP contribution in [0.1, 0.15) is 23.6 Å². The lowest BCUT2D eigenvalue weighted by atomic mass is 10.1. The standard InChI is InChI=1S/C24H24FN3O/c1-2-28(18-21-6-4-3-5-7-21)23-14-10-20(11-15-23)17-26-27-24(29)16-19-8-12-22(25)13-9-19/h3-15,17H,2,16,18H2,1H3,(H,27,29)/b26-17-. The number of nitrogens with one attached hydrogen (secondary N) is 1. The van der Waals surface area contributed by atoms with Crippen molar-refractivity contribution in [2.24, 2.45) is 5.10 Å². The number of rotatable bonds is 8. The Morgan fingerprint density at radius 1 is 0.966 bits per heavy atom. The topological polar surface area (TPSA) is 44.7 Å². The zero-order chi connectivity index (χ0) is 20.5. The molecule has 148 valence electrons. The summed E-state index contributed by atoms with van der Waals surface area (Å²) < 4.78 is 12.9. The molecule has 0 saturated carbocycles. The molecule has 4 nitrogen and oxygen atoms in total. The lowest BCUT2D eigenvalue weighted by Gasteiger charge is -2.23. The van der Waals surface area contributed by atoms with Gasteiger partial charge >= 0.3 is 0 Å². The van der Waals surface area contributed by atoms with Crippen molar-refractivity contribution in [3.63, 3.8) is 0 Å². The van der Waals surface area contributed by atoms with Crippen LogP contribution in [0.3, 0.4) is 0 Å². The van der Waals surface area contributed by atoms with Gasteiger partial charge in [-0.15, -0.1) is 0 Å². The van der Waals surface area contributed by atoms with Gasteiger partial charge in [-0.2, -0.15) is 5.10 Å². The predicted octanol–water partition coefficient (Wildman–Crippen LogP) is 4.55. The molecule has 1 amide bonds.